The van der Waals surface area contributed by atoms with Crippen LogP contribution in [-0.2, 0) is 16.4 Å². The van der Waals surface area contributed by atoms with Crippen molar-refractivity contribution in [2.45, 2.75) is 18.2 Å². The van der Waals surface area contributed by atoms with Gasteiger partial charge in [-0.25, -0.2) is 8.42 Å². The van der Waals surface area contributed by atoms with E-state index >= 15 is 0 Å². The van der Waals surface area contributed by atoms with Gasteiger partial charge in [0.05, 0.1) is 15.5 Å². The summed E-state index contributed by atoms with van der Waals surface area (Å²) in [6.07, 6.45) is 0.777. The summed E-state index contributed by atoms with van der Waals surface area (Å²) in [5.41, 5.74) is 0.419. The van der Waals surface area contributed by atoms with Crippen molar-refractivity contribution in [3.63, 3.8) is 0 Å². The van der Waals surface area contributed by atoms with Crippen molar-refractivity contribution in [2.75, 3.05) is 4.72 Å². The molecule has 22 heavy (non-hydrogen) atoms. The van der Waals surface area contributed by atoms with E-state index in [4.69, 9.17) is 0 Å². The minimum Gasteiger partial charge on any atom is -0.506 e. The molecular formula is C14H14N2O5S. The number of rotatable bonds is 5. The molecule has 0 radical (unpaired) electrons. The zero-order valence-electron chi connectivity index (χ0n) is 11.7. The fraction of sp³-hybridized carbons (Fsp3) is 0.143. The molecule has 0 aromatic heterocycles. The maximum absolute atomic E-state index is 12.2. The topological polar surface area (TPSA) is 110 Å². The molecule has 2 N–H and O–H groups in total. The molecule has 0 heterocycles. The van der Waals surface area contributed by atoms with Crippen LogP contribution in [0.25, 0.3) is 0 Å². The number of aryl methyl sites for hydroxylation is 1. The number of phenolic OH excluding ortho intramolecular Hbond substituents is 1. The SMILES string of the molecule is CCc1ccc(S(=O)(=O)Nc2cc([N+](=O)[O-])ccc2O)cc1. The summed E-state index contributed by atoms with van der Waals surface area (Å²) in [5.74, 6) is -0.389. The van der Waals surface area contributed by atoms with Crippen LogP contribution in [0.2, 0.25) is 0 Å². The molecule has 0 unspecified atom stereocenters. The zero-order chi connectivity index (χ0) is 16.3. The smallest absolute Gasteiger partial charge is 0.271 e. The Morgan fingerprint density at radius 1 is 1.18 bits per heavy atom. The molecular weight excluding hydrogens is 308 g/mol. The lowest BCUT2D eigenvalue weighted by Gasteiger charge is -2.10. The van der Waals surface area contributed by atoms with Crippen molar-refractivity contribution in [3.8, 4) is 5.75 Å². The molecule has 0 amide bonds. The molecule has 0 aliphatic heterocycles. The first-order chi connectivity index (χ1) is 10.3. The highest BCUT2D eigenvalue weighted by Gasteiger charge is 2.18. The van der Waals surface area contributed by atoms with Gasteiger partial charge < -0.3 is 5.11 Å². The quantitative estimate of drug-likeness (QED) is 0.499. The molecule has 0 atom stereocenters. The first kappa shape index (κ1) is 15.8. The number of non-ortho nitro benzene ring substituents is 1. The van der Waals surface area contributed by atoms with Gasteiger partial charge in [0.15, 0.2) is 0 Å². The van der Waals surface area contributed by atoms with E-state index in [1.807, 2.05) is 6.92 Å². The van der Waals surface area contributed by atoms with Crippen molar-refractivity contribution >= 4 is 21.4 Å². The van der Waals surface area contributed by atoms with E-state index < -0.39 is 14.9 Å². The second-order valence-electron chi connectivity index (χ2n) is 4.56. The maximum atomic E-state index is 12.2. The summed E-state index contributed by atoms with van der Waals surface area (Å²) in [6, 6.07) is 9.36. The average molecular weight is 322 g/mol. The Hall–Kier alpha value is -2.61. The van der Waals surface area contributed by atoms with E-state index in [1.54, 1.807) is 12.1 Å². The number of phenols is 1. The van der Waals surface area contributed by atoms with E-state index in [0.29, 0.717) is 0 Å². The van der Waals surface area contributed by atoms with Gasteiger partial charge in [0, 0.05) is 12.1 Å². The lowest BCUT2D eigenvalue weighted by atomic mass is 10.2. The van der Waals surface area contributed by atoms with Crippen molar-refractivity contribution in [1.82, 2.24) is 0 Å². The Bertz CT molecular complexity index is 800. The second kappa shape index (κ2) is 6.02. The van der Waals surface area contributed by atoms with Crippen LogP contribution >= 0.6 is 0 Å². The third-order valence-electron chi connectivity index (χ3n) is 3.08. The highest BCUT2D eigenvalue weighted by molar-refractivity contribution is 7.92. The fourth-order valence-electron chi connectivity index (χ4n) is 1.83. The van der Waals surface area contributed by atoms with Gasteiger partial charge >= 0.3 is 0 Å². The Balaban J connectivity index is 2.35. The number of nitro benzene ring substituents is 1. The predicted octanol–water partition coefficient (Wildman–Crippen LogP) is 2.66. The molecule has 116 valence electrons. The van der Waals surface area contributed by atoms with Crippen LogP contribution in [0.3, 0.4) is 0 Å². The molecule has 0 aliphatic carbocycles. The summed E-state index contributed by atoms with van der Waals surface area (Å²) >= 11 is 0. The Morgan fingerprint density at radius 2 is 1.82 bits per heavy atom. The van der Waals surface area contributed by atoms with Gasteiger partial charge in [-0.05, 0) is 30.2 Å². The highest BCUT2D eigenvalue weighted by atomic mass is 32.2. The van der Waals surface area contributed by atoms with Crippen molar-refractivity contribution in [1.29, 1.82) is 0 Å². The summed E-state index contributed by atoms with van der Waals surface area (Å²) < 4.78 is 26.6. The van der Waals surface area contributed by atoms with Gasteiger partial charge in [-0.15, -0.1) is 0 Å². The third-order valence-corrected chi connectivity index (χ3v) is 4.46. The monoisotopic (exact) mass is 322 g/mol. The summed E-state index contributed by atoms with van der Waals surface area (Å²) in [5, 5.41) is 20.4. The lowest BCUT2D eigenvalue weighted by Crippen LogP contribution is -2.13. The van der Waals surface area contributed by atoms with Crippen LogP contribution in [0.4, 0.5) is 11.4 Å². The first-order valence-electron chi connectivity index (χ1n) is 6.42. The standard InChI is InChI=1S/C14H14N2O5S/c1-2-10-3-6-12(7-4-10)22(20,21)15-13-9-11(16(18)19)5-8-14(13)17/h3-9,15,17H,2H2,1H3. The number of nitrogens with zero attached hydrogens (tertiary/aromatic N) is 1. The van der Waals surface area contributed by atoms with Crippen molar-refractivity contribution < 1.29 is 18.4 Å². The molecule has 2 aromatic rings. The second-order valence-corrected chi connectivity index (χ2v) is 6.24. The summed E-state index contributed by atoms with van der Waals surface area (Å²) in [6.45, 7) is 1.95. The lowest BCUT2D eigenvalue weighted by molar-refractivity contribution is -0.384. The van der Waals surface area contributed by atoms with Crippen LogP contribution in [0, 0.1) is 10.1 Å². The molecule has 0 fully saturated rings. The molecule has 7 nitrogen and oxygen atoms in total. The number of nitrogens with one attached hydrogen (secondary N) is 1. The maximum Gasteiger partial charge on any atom is 0.271 e. The number of nitro groups is 1. The molecule has 0 aliphatic rings. The molecule has 0 spiro atoms. The van der Waals surface area contributed by atoms with E-state index in [0.717, 1.165) is 30.2 Å². The van der Waals surface area contributed by atoms with E-state index in [-0.39, 0.29) is 22.0 Å². The van der Waals surface area contributed by atoms with Gasteiger partial charge in [-0.3, -0.25) is 14.8 Å². The predicted molar refractivity (Wildman–Crippen MR) is 81.4 cm³/mol. The molecule has 2 aromatic carbocycles. The van der Waals surface area contributed by atoms with Gasteiger partial charge in [0.2, 0.25) is 0 Å². The van der Waals surface area contributed by atoms with Crippen LogP contribution in [0.15, 0.2) is 47.4 Å². The fourth-order valence-corrected chi connectivity index (χ4v) is 2.89. The molecule has 0 saturated carbocycles. The number of aromatic hydroxyl groups is 1. The van der Waals surface area contributed by atoms with Gasteiger partial charge in [0.25, 0.3) is 15.7 Å². The number of benzene rings is 2. The summed E-state index contributed by atoms with van der Waals surface area (Å²) in [4.78, 5) is 10.1. The van der Waals surface area contributed by atoms with Crippen LogP contribution in [-0.4, -0.2) is 18.4 Å². The van der Waals surface area contributed by atoms with Crippen molar-refractivity contribution in [2.24, 2.45) is 0 Å². The first-order valence-corrected chi connectivity index (χ1v) is 7.91. The molecule has 8 heteroatoms. The normalized spacial score (nSPS) is 11.1. The average Bonchev–Trinajstić information content (AvgIpc) is 2.49. The van der Waals surface area contributed by atoms with E-state index in [2.05, 4.69) is 4.72 Å². The zero-order valence-corrected chi connectivity index (χ0v) is 12.5. The van der Waals surface area contributed by atoms with Crippen molar-refractivity contribution in [3.05, 3.63) is 58.1 Å². The Morgan fingerprint density at radius 3 is 2.36 bits per heavy atom. The van der Waals surface area contributed by atoms with E-state index in [9.17, 15) is 23.6 Å². The Kier molecular flexibility index (Phi) is 4.32. The Labute approximate surface area is 127 Å². The third kappa shape index (κ3) is 3.34. The number of hydrogen-bond acceptors (Lipinski definition) is 5. The summed E-state index contributed by atoms with van der Waals surface area (Å²) in [7, 11) is -3.94. The number of anilines is 1. The van der Waals surface area contributed by atoms with E-state index in [1.165, 1.54) is 12.1 Å². The number of hydrogen-bond donors (Lipinski definition) is 2. The van der Waals surface area contributed by atoms with Crippen LogP contribution < -0.4 is 4.72 Å². The highest BCUT2D eigenvalue weighted by Crippen LogP contribution is 2.29. The van der Waals surface area contributed by atoms with Gasteiger partial charge in [0.1, 0.15) is 5.75 Å². The van der Waals surface area contributed by atoms with Crippen LogP contribution in [0.1, 0.15) is 12.5 Å². The van der Waals surface area contributed by atoms with Gasteiger partial charge in [-0.2, -0.15) is 0 Å². The minimum absolute atomic E-state index is 0.00982. The minimum atomic E-state index is -3.94. The largest absolute Gasteiger partial charge is 0.506 e. The molecule has 2 rings (SSSR count). The van der Waals surface area contributed by atoms with Gasteiger partial charge in [-0.1, -0.05) is 19.1 Å². The number of sulfonamides is 1. The molecule has 0 saturated heterocycles. The van der Waals surface area contributed by atoms with Crippen LogP contribution in [0.5, 0.6) is 5.75 Å². The molecule has 0 bridgehead atoms.